The lowest BCUT2D eigenvalue weighted by Gasteiger charge is -2.21. The van der Waals surface area contributed by atoms with Crippen LogP contribution >= 0.6 is 0 Å². The number of rotatable bonds is 0. The van der Waals surface area contributed by atoms with E-state index in [0.717, 1.165) is 32.1 Å². The van der Waals surface area contributed by atoms with Crippen LogP contribution in [-0.4, -0.2) is 53.6 Å². The first kappa shape index (κ1) is 17.1. The maximum atomic E-state index is 12.2. The molecule has 146 valence electrons. The molecule has 0 aromatic rings. The number of carboxylic acid groups (broad SMARTS) is 1. The molecule has 0 fully saturated rings. The van der Waals surface area contributed by atoms with Gasteiger partial charge in [-0.15, -0.1) is 4.99 Å². The highest BCUT2D eigenvalue weighted by molar-refractivity contribution is 6.01. The van der Waals surface area contributed by atoms with Gasteiger partial charge in [0.15, 0.2) is 0 Å². The molecule has 1 heterocycles. The zero-order valence-electron chi connectivity index (χ0n) is 18.1. The van der Waals surface area contributed by atoms with Crippen LogP contribution in [0, 0.1) is 0 Å². The van der Waals surface area contributed by atoms with Crippen molar-refractivity contribution >= 4 is 23.9 Å². The van der Waals surface area contributed by atoms with Crippen LogP contribution in [0.25, 0.3) is 0 Å². The highest BCUT2D eigenvalue weighted by Crippen LogP contribution is 2.09. The van der Waals surface area contributed by atoms with Gasteiger partial charge in [0.2, 0.25) is 11.9 Å². The van der Waals surface area contributed by atoms with Crippen LogP contribution in [0.3, 0.4) is 0 Å². The second-order valence-corrected chi connectivity index (χ2v) is 6.15. The quantitative estimate of drug-likeness (QED) is 0.501. The van der Waals surface area contributed by atoms with Crippen molar-refractivity contribution in [1.29, 1.82) is 0 Å². The van der Waals surface area contributed by atoms with Gasteiger partial charge in [0.25, 0.3) is 0 Å². The zero-order chi connectivity index (χ0) is 21.9. The highest BCUT2D eigenvalue weighted by Gasteiger charge is 2.18. The Labute approximate surface area is 158 Å². The summed E-state index contributed by atoms with van der Waals surface area (Å²) in [5, 5.41) is 11.2. The molecule has 26 heavy (non-hydrogen) atoms. The molecule has 0 aromatic carbocycles. The molecule has 0 aliphatic carbocycles. The number of cyclic esters (lactones) is 1. The number of allylic oxidation sites excluding steroid dienone is 2. The summed E-state index contributed by atoms with van der Waals surface area (Å²) < 4.78 is 28.1. The molecule has 0 radical (unpaired) electrons. The Bertz CT molecular complexity index is 635. The van der Waals surface area contributed by atoms with Gasteiger partial charge in [-0.2, -0.15) is 0 Å². The first-order chi connectivity index (χ1) is 13.6. The van der Waals surface area contributed by atoms with Crippen LogP contribution in [0.2, 0.25) is 0 Å². The minimum atomic E-state index is -2.91. The number of carbonyl (C=O) groups excluding carboxylic acids is 2. The molecule has 1 aliphatic rings. The fraction of sp³-hybridized carbons (Fsp3) is 0.667. The third-order valence-electron chi connectivity index (χ3n) is 3.75. The number of ether oxygens (including phenoxy) is 1. The maximum absolute atomic E-state index is 12.2. The Morgan fingerprint density at radius 2 is 2.00 bits per heavy atom. The molecule has 2 N–H and O–H groups in total. The van der Waals surface area contributed by atoms with Crippen molar-refractivity contribution in [2.45, 2.75) is 64.4 Å². The number of hydrogen-bond donors (Lipinski definition) is 2. The lowest BCUT2D eigenvalue weighted by molar-refractivity contribution is -0.148. The largest absolute Gasteiger partial charge is 0.463 e. The first-order valence-electron chi connectivity index (χ1n) is 10.3. The molecule has 8 nitrogen and oxygen atoms in total. The number of carbonyl (C=O) groups is 3. The van der Waals surface area contributed by atoms with Crippen molar-refractivity contribution in [1.82, 2.24) is 10.2 Å². The predicted octanol–water partition coefficient (Wildman–Crippen LogP) is 2.69. The van der Waals surface area contributed by atoms with Crippen molar-refractivity contribution in [3.63, 3.8) is 0 Å². The van der Waals surface area contributed by atoms with Gasteiger partial charge in [-0.3, -0.25) is 14.9 Å². The van der Waals surface area contributed by atoms with Crippen molar-refractivity contribution in [3.8, 4) is 0 Å². The maximum Gasteiger partial charge on any atom is 0.434 e. The van der Waals surface area contributed by atoms with Gasteiger partial charge in [0.1, 0.15) is 6.54 Å². The number of likely N-dealkylation sites (N-methyl/N-ethyl adjacent to an activating group) is 1. The van der Waals surface area contributed by atoms with Crippen molar-refractivity contribution in [2.24, 2.45) is 4.99 Å². The number of guanidine groups is 1. The topological polar surface area (TPSA) is 108 Å². The molecule has 0 saturated carbocycles. The fourth-order valence-electron chi connectivity index (χ4n) is 2.44. The third kappa shape index (κ3) is 9.80. The van der Waals surface area contributed by atoms with Gasteiger partial charge in [-0.05, 0) is 51.9 Å². The molecule has 0 saturated heterocycles. The van der Waals surface area contributed by atoms with Gasteiger partial charge in [-0.1, -0.05) is 12.2 Å². The molecule has 8 heteroatoms. The van der Waals surface area contributed by atoms with E-state index >= 15 is 0 Å². The Morgan fingerprint density at radius 1 is 1.31 bits per heavy atom. The monoisotopic (exact) mass is 370 g/mol. The first-order valence-corrected chi connectivity index (χ1v) is 8.83. The van der Waals surface area contributed by atoms with Crippen LogP contribution in [0.15, 0.2) is 17.1 Å². The van der Waals surface area contributed by atoms with Gasteiger partial charge in [0.05, 0.1) is 6.10 Å². The average molecular weight is 370 g/mol. The molecular weight excluding hydrogens is 338 g/mol. The number of nitrogens with one attached hydrogen (secondary N) is 1. The highest BCUT2D eigenvalue weighted by atomic mass is 16.5. The van der Waals surface area contributed by atoms with Crippen LogP contribution in [-0.2, 0) is 14.3 Å². The number of esters is 1. The van der Waals surface area contributed by atoms with E-state index in [1.807, 2.05) is 0 Å². The molecule has 1 aliphatic heterocycles. The average Bonchev–Trinajstić information content (AvgIpc) is 2.58. The van der Waals surface area contributed by atoms with Gasteiger partial charge in [0, 0.05) is 17.5 Å². The van der Waals surface area contributed by atoms with Gasteiger partial charge >= 0.3 is 12.1 Å². The summed E-state index contributed by atoms with van der Waals surface area (Å²) in [6, 6.07) is 0. The van der Waals surface area contributed by atoms with Crippen LogP contribution in [0.1, 0.15) is 62.4 Å². The molecular formula is C18H29N3O5. The van der Waals surface area contributed by atoms with E-state index in [1.54, 1.807) is 6.92 Å². The zero-order valence-corrected chi connectivity index (χ0v) is 15.1. The second kappa shape index (κ2) is 12.1. The van der Waals surface area contributed by atoms with Gasteiger partial charge < -0.3 is 14.7 Å². The minimum absolute atomic E-state index is 0.0722. The number of nitrogens with zero attached hydrogens (tertiary/aromatic N) is 2. The Hall–Kier alpha value is -2.38. The lowest BCUT2D eigenvalue weighted by atomic mass is 10.1. The predicted molar refractivity (Wildman–Crippen MR) is 97.9 cm³/mol. The van der Waals surface area contributed by atoms with Crippen LogP contribution in [0.4, 0.5) is 4.79 Å². The second-order valence-electron chi connectivity index (χ2n) is 6.15. The molecule has 1 rings (SSSR count). The van der Waals surface area contributed by atoms with E-state index < -0.39 is 43.6 Å². The van der Waals surface area contributed by atoms with Gasteiger partial charge in [-0.25, -0.2) is 4.79 Å². The normalized spacial score (nSPS) is 27.1. The summed E-state index contributed by atoms with van der Waals surface area (Å²) in [5.41, 5.74) is 0. The summed E-state index contributed by atoms with van der Waals surface area (Å²) in [7, 11) is 0. The van der Waals surface area contributed by atoms with E-state index in [9.17, 15) is 14.4 Å². The summed E-state index contributed by atoms with van der Waals surface area (Å²) >= 11 is 0. The Balaban J connectivity index is 3.04. The molecule has 0 bridgehead atoms. The summed E-state index contributed by atoms with van der Waals surface area (Å²) in [4.78, 5) is 39.0. The lowest BCUT2D eigenvalue weighted by Crippen LogP contribution is -2.45. The number of aliphatic imine (C=N–C) groups is 1. The summed E-state index contributed by atoms with van der Waals surface area (Å²) in [6.45, 7) is -1.97. The standard InChI is InChI=1S/C18H29N3O5/c1-14-11-9-7-5-3-4-6-8-10-12-15(22)19-17(20-18(24)25)21(2)13-16(23)26-14/h3-4,14H,5-13H2,1-2H3,(H,24,25)(H,19,20,22)/b4-3+/t14-/m0/s1/i2D3. The van der Waals surface area contributed by atoms with Crippen molar-refractivity contribution < 1.29 is 28.3 Å². The van der Waals surface area contributed by atoms with Crippen LogP contribution < -0.4 is 5.32 Å². The van der Waals surface area contributed by atoms with E-state index in [2.05, 4.69) is 22.5 Å². The SMILES string of the molecule is [2H]C([2H])([2H])N1CC(=O)O[C@@H](C)CCCC/C=C/CCCCC(=O)NC1=NC(=O)O. The number of hydrogen-bond acceptors (Lipinski definition) is 4. The van der Waals surface area contributed by atoms with E-state index in [4.69, 9.17) is 14.0 Å². The molecule has 0 unspecified atom stereocenters. The Kier molecular flexibility index (Phi) is 7.91. The van der Waals surface area contributed by atoms with Crippen molar-refractivity contribution in [2.75, 3.05) is 13.5 Å². The smallest absolute Gasteiger partial charge is 0.434 e. The molecule has 2 amide bonds. The summed E-state index contributed by atoms with van der Waals surface area (Å²) in [5.74, 6) is -2.14. The van der Waals surface area contributed by atoms with Crippen LogP contribution in [0.5, 0.6) is 0 Å². The molecule has 1 atom stereocenters. The Morgan fingerprint density at radius 3 is 2.65 bits per heavy atom. The summed E-state index contributed by atoms with van der Waals surface area (Å²) in [6.07, 6.45) is 7.57. The third-order valence-corrected chi connectivity index (χ3v) is 3.75. The van der Waals surface area contributed by atoms with E-state index in [0.29, 0.717) is 17.7 Å². The molecule has 0 spiro atoms. The number of amides is 2. The molecule has 0 aromatic heterocycles. The van der Waals surface area contributed by atoms with E-state index in [-0.39, 0.29) is 6.42 Å². The minimum Gasteiger partial charge on any atom is -0.463 e. The van der Waals surface area contributed by atoms with E-state index in [1.165, 1.54) is 0 Å². The fourth-order valence-corrected chi connectivity index (χ4v) is 2.44. The van der Waals surface area contributed by atoms with Crippen molar-refractivity contribution in [3.05, 3.63) is 12.2 Å².